The summed E-state index contributed by atoms with van der Waals surface area (Å²) in [5.41, 5.74) is -0.586. The van der Waals surface area contributed by atoms with Gasteiger partial charge in [0.15, 0.2) is 0 Å². The smallest absolute Gasteiger partial charge is 0.313 e. The second-order valence-corrected chi connectivity index (χ2v) is 14.6. The van der Waals surface area contributed by atoms with Gasteiger partial charge in [0, 0.05) is 26.1 Å². The van der Waals surface area contributed by atoms with Crippen molar-refractivity contribution in [3.8, 4) is 0 Å². The predicted molar refractivity (Wildman–Crippen MR) is 187 cm³/mol. The zero-order chi connectivity index (χ0) is 36.0. The largest absolute Gasteiger partial charge is 0.455 e. The minimum Gasteiger partial charge on any atom is -0.455 e. The van der Waals surface area contributed by atoms with Crippen LogP contribution in [0.4, 0.5) is 0 Å². The standard InChI is InChI=1S/C39H55N3O8/c1-6-8-19-31(44)40-28(24-48-5)34(26-15-11-9-12-16-26)49-38(47)32-30-20-21-39(50-30)33(32)36(45)42(29(23-43)25(3)4)35(39)37(46)41(22-7-2)27-17-13-10-14-18-27/h6-7,9,11-12,15-16,25,27-30,32-35,43H,1-2,8,10,13-14,17-24H2,3-5H3,(H,40,44)/t28-,29+,30-,32+,33+,34-,35-,39+/m1/s1. The zero-order valence-electron chi connectivity index (χ0n) is 29.8. The molecular weight excluding hydrogens is 638 g/mol. The predicted octanol–water partition coefficient (Wildman–Crippen LogP) is 4.11. The van der Waals surface area contributed by atoms with Crippen LogP contribution >= 0.6 is 0 Å². The Morgan fingerprint density at radius 3 is 2.46 bits per heavy atom. The minimum absolute atomic E-state index is 0.0127. The third-order valence-corrected chi connectivity index (χ3v) is 11.2. The molecule has 0 radical (unpaired) electrons. The number of hydrogen-bond donors (Lipinski definition) is 2. The van der Waals surface area contributed by atoms with Gasteiger partial charge in [-0.05, 0) is 43.6 Å². The Morgan fingerprint density at radius 1 is 1.12 bits per heavy atom. The average Bonchev–Trinajstić information content (AvgIpc) is 3.76. The number of carbonyl (C=O) groups is 4. The maximum atomic E-state index is 14.9. The second kappa shape index (κ2) is 16.7. The van der Waals surface area contributed by atoms with E-state index in [2.05, 4.69) is 18.5 Å². The number of nitrogens with one attached hydrogen (secondary N) is 1. The van der Waals surface area contributed by atoms with E-state index < -0.39 is 53.7 Å². The van der Waals surface area contributed by atoms with Crippen LogP contribution in [0.3, 0.4) is 0 Å². The van der Waals surface area contributed by atoms with E-state index in [1.165, 1.54) is 7.11 Å². The van der Waals surface area contributed by atoms with E-state index in [1.54, 1.807) is 17.1 Å². The summed E-state index contributed by atoms with van der Waals surface area (Å²) in [5, 5.41) is 13.6. The molecule has 5 rings (SSSR count). The Hall–Kier alpha value is -3.54. The van der Waals surface area contributed by atoms with Crippen molar-refractivity contribution in [1.82, 2.24) is 15.1 Å². The van der Waals surface area contributed by atoms with Crippen LogP contribution in [0.5, 0.6) is 0 Å². The van der Waals surface area contributed by atoms with Crippen molar-refractivity contribution in [3.63, 3.8) is 0 Å². The zero-order valence-corrected chi connectivity index (χ0v) is 29.8. The number of likely N-dealkylation sites (tertiary alicyclic amines) is 1. The van der Waals surface area contributed by atoms with Crippen LogP contribution in [0.1, 0.15) is 83.3 Å². The highest BCUT2D eigenvalue weighted by atomic mass is 16.6. The number of carbonyl (C=O) groups excluding carboxylic acids is 4. The van der Waals surface area contributed by atoms with Gasteiger partial charge in [-0.25, -0.2) is 0 Å². The number of aliphatic hydroxyl groups excluding tert-OH is 1. The van der Waals surface area contributed by atoms with E-state index >= 15 is 0 Å². The number of ether oxygens (including phenoxy) is 3. The summed E-state index contributed by atoms with van der Waals surface area (Å²) in [6, 6.07) is 6.78. The Labute approximate surface area is 296 Å². The van der Waals surface area contributed by atoms with Crippen molar-refractivity contribution in [2.45, 2.75) is 114 Å². The molecule has 1 aromatic carbocycles. The molecule has 11 heteroatoms. The number of esters is 1. The number of amides is 3. The van der Waals surface area contributed by atoms with Crippen LogP contribution in [0.2, 0.25) is 0 Å². The molecule has 2 bridgehead atoms. The first-order valence-electron chi connectivity index (χ1n) is 18.3. The van der Waals surface area contributed by atoms with Crippen molar-refractivity contribution < 1.29 is 38.5 Å². The second-order valence-electron chi connectivity index (χ2n) is 14.6. The SMILES string of the molecule is C=CCCC(=O)N[C@H](COC)[C@H](OC(=O)[C@@H]1[C@H]2C(=O)N([C@@H](CO)C(C)C)[C@H](C(=O)N(CC=C)C3CCCCC3)[C@]23CC[C@H]1O3)c1ccccc1. The third-order valence-electron chi connectivity index (χ3n) is 11.2. The van der Waals surface area contributed by atoms with Gasteiger partial charge in [-0.3, -0.25) is 19.2 Å². The minimum atomic E-state index is -1.24. The van der Waals surface area contributed by atoms with E-state index in [0.29, 0.717) is 31.4 Å². The van der Waals surface area contributed by atoms with Gasteiger partial charge in [-0.1, -0.05) is 75.6 Å². The number of rotatable bonds is 17. The molecule has 0 aromatic heterocycles. The molecule has 3 amide bonds. The lowest BCUT2D eigenvalue weighted by Crippen LogP contribution is -2.61. The van der Waals surface area contributed by atoms with Crippen LogP contribution < -0.4 is 5.32 Å². The summed E-state index contributed by atoms with van der Waals surface area (Å²) in [6.07, 6.45) is 8.35. The van der Waals surface area contributed by atoms with Gasteiger partial charge in [0.2, 0.25) is 17.7 Å². The quantitative estimate of drug-likeness (QED) is 0.184. The fraction of sp³-hybridized carbons (Fsp3) is 0.641. The summed E-state index contributed by atoms with van der Waals surface area (Å²) < 4.78 is 18.5. The van der Waals surface area contributed by atoms with Crippen LogP contribution in [0.15, 0.2) is 55.6 Å². The van der Waals surface area contributed by atoms with Gasteiger partial charge >= 0.3 is 5.97 Å². The molecule has 1 saturated carbocycles. The Kier molecular flexibility index (Phi) is 12.6. The number of methoxy groups -OCH3 is 1. The van der Waals surface area contributed by atoms with Crippen LogP contribution in [0.25, 0.3) is 0 Å². The van der Waals surface area contributed by atoms with E-state index in [9.17, 15) is 24.3 Å². The third kappa shape index (κ3) is 7.27. The lowest BCUT2D eigenvalue weighted by atomic mass is 9.70. The van der Waals surface area contributed by atoms with Crippen LogP contribution in [-0.4, -0.2) is 101 Å². The van der Waals surface area contributed by atoms with E-state index in [-0.39, 0.29) is 49.3 Å². The number of benzene rings is 1. The van der Waals surface area contributed by atoms with Crippen molar-refractivity contribution in [3.05, 3.63) is 61.2 Å². The van der Waals surface area contributed by atoms with Gasteiger partial charge < -0.3 is 34.4 Å². The molecule has 4 fully saturated rings. The number of hydrogen-bond acceptors (Lipinski definition) is 8. The van der Waals surface area contributed by atoms with Crippen molar-refractivity contribution >= 4 is 23.7 Å². The molecule has 2 N–H and O–H groups in total. The van der Waals surface area contributed by atoms with Crippen molar-refractivity contribution in [2.24, 2.45) is 17.8 Å². The summed E-state index contributed by atoms with van der Waals surface area (Å²) in [4.78, 5) is 60.4. The molecule has 1 aliphatic carbocycles. The molecule has 274 valence electrons. The highest BCUT2D eigenvalue weighted by molar-refractivity contribution is 5.98. The molecule has 3 saturated heterocycles. The summed E-state index contributed by atoms with van der Waals surface area (Å²) in [6.45, 7) is 11.5. The van der Waals surface area contributed by atoms with E-state index in [4.69, 9.17) is 14.2 Å². The Bertz CT molecular complexity index is 1380. The molecule has 8 atom stereocenters. The Morgan fingerprint density at radius 2 is 1.84 bits per heavy atom. The maximum Gasteiger partial charge on any atom is 0.313 e. The van der Waals surface area contributed by atoms with E-state index in [0.717, 1.165) is 32.1 Å². The lowest BCUT2D eigenvalue weighted by Gasteiger charge is -2.43. The molecular formula is C39H55N3O8. The number of fused-ring (bicyclic) bond motifs is 1. The molecule has 3 heterocycles. The summed E-state index contributed by atoms with van der Waals surface area (Å²) in [7, 11) is 1.51. The molecule has 1 spiro atoms. The lowest BCUT2D eigenvalue weighted by molar-refractivity contribution is -0.164. The highest BCUT2D eigenvalue weighted by Gasteiger charge is 2.76. The molecule has 11 nitrogen and oxygen atoms in total. The average molecular weight is 694 g/mol. The van der Waals surface area contributed by atoms with Gasteiger partial charge in [0.25, 0.3) is 0 Å². The monoisotopic (exact) mass is 693 g/mol. The summed E-state index contributed by atoms with van der Waals surface area (Å²) in [5.74, 6) is -3.56. The first-order valence-corrected chi connectivity index (χ1v) is 18.3. The van der Waals surface area contributed by atoms with Gasteiger partial charge in [-0.15, -0.1) is 13.2 Å². The highest BCUT2D eigenvalue weighted by Crippen LogP contribution is 2.59. The molecule has 0 unspecified atom stereocenters. The Balaban J connectivity index is 1.51. The topological polar surface area (TPSA) is 135 Å². The fourth-order valence-electron chi connectivity index (χ4n) is 8.85. The first kappa shape index (κ1) is 37.7. The number of aliphatic hydroxyl groups is 1. The number of nitrogens with zero attached hydrogens (tertiary/aromatic N) is 2. The van der Waals surface area contributed by atoms with Crippen LogP contribution in [0, 0.1) is 17.8 Å². The molecule has 1 aromatic rings. The fourth-order valence-corrected chi connectivity index (χ4v) is 8.85. The van der Waals surface area contributed by atoms with Crippen LogP contribution in [-0.2, 0) is 33.4 Å². The van der Waals surface area contributed by atoms with E-state index in [1.807, 2.05) is 49.1 Å². The summed E-state index contributed by atoms with van der Waals surface area (Å²) >= 11 is 0. The number of allylic oxidation sites excluding steroid dienone is 1. The van der Waals surface area contributed by atoms with Crippen molar-refractivity contribution in [2.75, 3.05) is 26.9 Å². The molecule has 3 aliphatic heterocycles. The molecule has 4 aliphatic rings. The normalized spacial score (nSPS) is 27.8. The van der Waals surface area contributed by atoms with Gasteiger partial charge in [0.1, 0.15) is 17.7 Å². The van der Waals surface area contributed by atoms with Gasteiger partial charge in [0.05, 0.1) is 43.2 Å². The molecule has 50 heavy (non-hydrogen) atoms. The van der Waals surface area contributed by atoms with Crippen molar-refractivity contribution in [1.29, 1.82) is 0 Å². The first-order chi connectivity index (χ1) is 24.1. The van der Waals surface area contributed by atoms with Gasteiger partial charge in [-0.2, -0.15) is 0 Å². The maximum absolute atomic E-state index is 14.9.